The van der Waals surface area contributed by atoms with Crippen LogP contribution in [0.15, 0.2) is 30.3 Å². The molecule has 0 radical (unpaired) electrons. The molecular formula is C14H19N3O3S. The van der Waals surface area contributed by atoms with Gasteiger partial charge in [-0.15, -0.1) is 11.8 Å². The summed E-state index contributed by atoms with van der Waals surface area (Å²) in [4.78, 5) is 34.3. The van der Waals surface area contributed by atoms with Gasteiger partial charge in [-0.3, -0.25) is 14.4 Å². The summed E-state index contributed by atoms with van der Waals surface area (Å²) in [6.45, 7) is 1.35. The number of carbonyl (C=O) groups excluding carboxylic acids is 3. The molecule has 3 N–H and O–H groups in total. The molecule has 114 valence electrons. The van der Waals surface area contributed by atoms with Crippen LogP contribution < -0.4 is 16.0 Å². The van der Waals surface area contributed by atoms with Crippen LogP contribution in [0.25, 0.3) is 0 Å². The van der Waals surface area contributed by atoms with Gasteiger partial charge in [0.05, 0.1) is 5.75 Å². The first-order valence-corrected chi connectivity index (χ1v) is 7.59. The van der Waals surface area contributed by atoms with E-state index in [0.717, 1.165) is 5.69 Å². The van der Waals surface area contributed by atoms with E-state index in [1.54, 1.807) is 12.1 Å². The van der Waals surface area contributed by atoms with E-state index in [2.05, 4.69) is 16.0 Å². The van der Waals surface area contributed by atoms with Crippen molar-refractivity contribution in [1.29, 1.82) is 0 Å². The SMILES string of the molecule is CNC(=O)[C@H](CSCC(=O)Nc1ccccc1)NC(C)=O. The van der Waals surface area contributed by atoms with Gasteiger partial charge in [0.2, 0.25) is 17.7 Å². The lowest BCUT2D eigenvalue weighted by Crippen LogP contribution is -2.46. The first-order chi connectivity index (χ1) is 10.0. The van der Waals surface area contributed by atoms with Gasteiger partial charge in [0.15, 0.2) is 0 Å². The monoisotopic (exact) mass is 309 g/mol. The third-order valence-electron chi connectivity index (χ3n) is 2.52. The predicted molar refractivity (Wildman–Crippen MR) is 84.1 cm³/mol. The molecule has 0 bridgehead atoms. The van der Waals surface area contributed by atoms with Crippen LogP contribution in [-0.2, 0) is 14.4 Å². The molecule has 1 aromatic rings. The van der Waals surface area contributed by atoms with Gasteiger partial charge in [0.25, 0.3) is 0 Å². The lowest BCUT2D eigenvalue weighted by atomic mass is 10.3. The minimum absolute atomic E-state index is 0.148. The van der Waals surface area contributed by atoms with E-state index in [1.165, 1.54) is 25.7 Å². The summed E-state index contributed by atoms with van der Waals surface area (Å²) in [6, 6.07) is 8.50. The molecular weight excluding hydrogens is 290 g/mol. The molecule has 0 unspecified atom stereocenters. The number of hydrogen-bond donors (Lipinski definition) is 3. The normalized spacial score (nSPS) is 11.3. The second-order valence-electron chi connectivity index (χ2n) is 4.30. The van der Waals surface area contributed by atoms with E-state index in [9.17, 15) is 14.4 Å². The van der Waals surface area contributed by atoms with Crippen LogP contribution in [0.2, 0.25) is 0 Å². The van der Waals surface area contributed by atoms with Crippen molar-refractivity contribution in [2.75, 3.05) is 23.9 Å². The Kier molecular flexibility index (Phi) is 7.31. The van der Waals surface area contributed by atoms with E-state index in [0.29, 0.717) is 5.75 Å². The molecule has 0 aliphatic carbocycles. The number of rotatable bonds is 7. The molecule has 0 aliphatic rings. The Labute approximate surface area is 128 Å². The van der Waals surface area contributed by atoms with E-state index in [1.807, 2.05) is 18.2 Å². The maximum Gasteiger partial charge on any atom is 0.243 e. The van der Waals surface area contributed by atoms with Gasteiger partial charge in [-0.25, -0.2) is 0 Å². The Morgan fingerprint density at radius 2 is 1.86 bits per heavy atom. The molecule has 0 fully saturated rings. The molecule has 0 saturated heterocycles. The highest BCUT2D eigenvalue weighted by Crippen LogP contribution is 2.08. The first-order valence-electron chi connectivity index (χ1n) is 6.44. The highest BCUT2D eigenvalue weighted by molar-refractivity contribution is 8.00. The molecule has 1 aromatic carbocycles. The first kappa shape index (κ1) is 17.0. The van der Waals surface area contributed by atoms with Gasteiger partial charge < -0.3 is 16.0 Å². The Bertz CT molecular complexity index is 493. The van der Waals surface area contributed by atoms with Gasteiger partial charge in [0.1, 0.15) is 6.04 Å². The van der Waals surface area contributed by atoms with Gasteiger partial charge in [-0.2, -0.15) is 0 Å². The fourth-order valence-corrected chi connectivity index (χ4v) is 2.44. The van der Waals surface area contributed by atoms with Crippen LogP contribution in [0.3, 0.4) is 0 Å². The number of anilines is 1. The van der Waals surface area contributed by atoms with Crippen molar-refractivity contribution in [2.45, 2.75) is 13.0 Å². The van der Waals surface area contributed by atoms with Crippen molar-refractivity contribution in [2.24, 2.45) is 0 Å². The predicted octanol–water partition coefficient (Wildman–Crippen LogP) is 0.609. The number of benzene rings is 1. The zero-order chi connectivity index (χ0) is 15.7. The minimum atomic E-state index is -0.637. The minimum Gasteiger partial charge on any atom is -0.357 e. The van der Waals surface area contributed by atoms with Crippen molar-refractivity contribution < 1.29 is 14.4 Å². The molecule has 0 heterocycles. The average molecular weight is 309 g/mol. The number of thioether (sulfide) groups is 1. The molecule has 0 spiro atoms. The van der Waals surface area contributed by atoms with Crippen molar-refractivity contribution in [3.8, 4) is 0 Å². The van der Waals surface area contributed by atoms with E-state index in [4.69, 9.17) is 0 Å². The van der Waals surface area contributed by atoms with Gasteiger partial charge >= 0.3 is 0 Å². The van der Waals surface area contributed by atoms with Crippen LogP contribution >= 0.6 is 11.8 Å². The highest BCUT2D eigenvalue weighted by atomic mass is 32.2. The summed E-state index contributed by atoms with van der Waals surface area (Å²) in [5, 5.41) is 7.78. The van der Waals surface area contributed by atoms with E-state index in [-0.39, 0.29) is 23.5 Å². The summed E-state index contributed by atoms with van der Waals surface area (Å²) in [6.07, 6.45) is 0. The van der Waals surface area contributed by atoms with Crippen molar-refractivity contribution in [3.63, 3.8) is 0 Å². The fraction of sp³-hybridized carbons (Fsp3) is 0.357. The Balaban J connectivity index is 2.37. The highest BCUT2D eigenvalue weighted by Gasteiger charge is 2.18. The Morgan fingerprint density at radius 1 is 1.19 bits per heavy atom. The van der Waals surface area contributed by atoms with Gasteiger partial charge in [-0.05, 0) is 12.1 Å². The maximum absolute atomic E-state index is 11.7. The largest absolute Gasteiger partial charge is 0.357 e. The number of hydrogen-bond acceptors (Lipinski definition) is 4. The number of likely N-dealkylation sites (N-methyl/N-ethyl adjacent to an activating group) is 1. The van der Waals surface area contributed by atoms with Crippen LogP contribution in [0.5, 0.6) is 0 Å². The lowest BCUT2D eigenvalue weighted by Gasteiger charge is -2.15. The Hall–Kier alpha value is -2.02. The maximum atomic E-state index is 11.7. The molecule has 3 amide bonds. The summed E-state index contributed by atoms with van der Waals surface area (Å²) < 4.78 is 0. The zero-order valence-electron chi connectivity index (χ0n) is 12.0. The van der Waals surface area contributed by atoms with E-state index >= 15 is 0 Å². The van der Waals surface area contributed by atoms with Crippen molar-refractivity contribution >= 4 is 35.2 Å². The van der Waals surface area contributed by atoms with Crippen LogP contribution in [0.4, 0.5) is 5.69 Å². The molecule has 1 atom stereocenters. The fourth-order valence-electron chi connectivity index (χ4n) is 1.59. The number of amides is 3. The van der Waals surface area contributed by atoms with Gasteiger partial charge in [0, 0.05) is 25.4 Å². The topological polar surface area (TPSA) is 87.3 Å². The van der Waals surface area contributed by atoms with Crippen LogP contribution in [0.1, 0.15) is 6.92 Å². The average Bonchev–Trinajstić information content (AvgIpc) is 2.46. The van der Waals surface area contributed by atoms with E-state index < -0.39 is 6.04 Å². The summed E-state index contributed by atoms with van der Waals surface area (Å²) in [5.41, 5.74) is 0.729. The van der Waals surface area contributed by atoms with Crippen molar-refractivity contribution in [3.05, 3.63) is 30.3 Å². The third kappa shape index (κ3) is 6.80. The van der Waals surface area contributed by atoms with Gasteiger partial charge in [-0.1, -0.05) is 18.2 Å². The molecule has 6 nitrogen and oxygen atoms in total. The Morgan fingerprint density at radius 3 is 2.43 bits per heavy atom. The van der Waals surface area contributed by atoms with Crippen molar-refractivity contribution in [1.82, 2.24) is 10.6 Å². The summed E-state index contributed by atoms with van der Waals surface area (Å²) in [7, 11) is 1.50. The smallest absolute Gasteiger partial charge is 0.243 e. The number of carbonyl (C=O) groups is 3. The quantitative estimate of drug-likeness (QED) is 0.689. The van der Waals surface area contributed by atoms with Crippen LogP contribution in [-0.4, -0.2) is 42.3 Å². The molecule has 0 saturated carbocycles. The molecule has 0 aliphatic heterocycles. The second kappa shape index (κ2) is 9.02. The molecule has 21 heavy (non-hydrogen) atoms. The third-order valence-corrected chi connectivity index (χ3v) is 3.55. The zero-order valence-corrected chi connectivity index (χ0v) is 12.8. The standard InChI is InChI=1S/C14H19N3O3S/c1-10(18)16-12(14(20)15-2)8-21-9-13(19)17-11-6-4-3-5-7-11/h3-7,12H,8-9H2,1-2H3,(H,15,20)(H,16,18)(H,17,19)/t12-/m0/s1. The summed E-state index contributed by atoms with van der Waals surface area (Å²) in [5.74, 6) is -0.160. The number of para-hydroxylation sites is 1. The molecule has 1 rings (SSSR count). The molecule has 7 heteroatoms. The van der Waals surface area contributed by atoms with Crippen LogP contribution in [0, 0.1) is 0 Å². The number of nitrogens with one attached hydrogen (secondary N) is 3. The molecule has 0 aromatic heterocycles. The second-order valence-corrected chi connectivity index (χ2v) is 5.33. The summed E-state index contributed by atoms with van der Waals surface area (Å²) >= 11 is 1.29. The lowest BCUT2D eigenvalue weighted by molar-refractivity contribution is -0.127.